The molecule has 2 heterocycles. The third-order valence-corrected chi connectivity index (χ3v) is 7.45. The lowest BCUT2D eigenvalue weighted by molar-refractivity contribution is -0.158. The number of carbonyl (C=O) groups excluding carboxylic acids is 5. The maximum atomic E-state index is 13.2. The highest BCUT2D eigenvalue weighted by Crippen LogP contribution is 2.32. The van der Waals surface area contributed by atoms with Crippen molar-refractivity contribution < 1.29 is 47.7 Å². The molecule has 46 heavy (non-hydrogen) atoms. The molecule has 11 nitrogen and oxygen atoms in total. The molecule has 1 aromatic carbocycles. The number of thiophene rings is 1. The number of ketones is 2. The summed E-state index contributed by atoms with van der Waals surface area (Å²) >= 11 is 1.39. The van der Waals surface area contributed by atoms with Crippen molar-refractivity contribution in [1.29, 1.82) is 0 Å². The second kappa shape index (κ2) is 14.7. The number of rotatable bonds is 11. The Morgan fingerprint density at radius 1 is 0.717 bits per heavy atom. The minimum absolute atomic E-state index is 0.0149. The Balaban J connectivity index is 1.66. The molecule has 0 aliphatic carbocycles. The first-order valence-corrected chi connectivity index (χ1v) is 16.0. The van der Waals surface area contributed by atoms with Crippen LogP contribution in [0, 0.1) is 0 Å². The molecule has 0 atom stereocenters. The molecule has 0 spiro atoms. The number of carbonyl (C=O) groups is 5. The number of nitrogens with zero attached hydrogens (tertiary/aromatic N) is 1. The Bertz CT molecular complexity index is 1460. The van der Waals surface area contributed by atoms with Gasteiger partial charge in [0.1, 0.15) is 16.8 Å². The molecule has 1 amide bonds. The summed E-state index contributed by atoms with van der Waals surface area (Å²) < 4.78 is 27.3. The number of benzene rings is 1. The fourth-order valence-electron chi connectivity index (χ4n) is 4.38. The topological polar surface area (TPSA) is 135 Å². The van der Waals surface area contributed by atoms with Gasteiger partial charge in [0.15, 0.2) is 36.3 Å². The molecule has 0 radical (unpaired) electrons. The van der Waals surface area contributed by atoms with Gasteiger partial charge in [0.05, 0.1) is 11.4 Å². The van der Waals surface area contributed by atoms with Crippen LogP contribution in [0.4, 0.5) is 4.79 Å². The van der Waals surface area contributed by atoms with Gasteiger partial charge in [-0.3, -0.25) is 9.59 Å². The van der Waals surface area contributed by atoms with Gasteiger partial charge in [-0.1, -0.05) is 0 Å². The summed E-state index contributed by atoms with van der Waals surface area (Å²) in [6.45, 7) is 15.8. The highest BCUT2D eigenvalue weighted by atomic mass is 32.1. The lowest BCUT2D eigenvalue weighted by atomic mass is 10.0. The van der Waals surface area contributed by atoms with Crippen LogP contribution >= 0.6 is 11.3 Å². The van der Waals surface area contributed by atoms with E-state index in [9.17, 15) is 24.0 Å². The standard InChI is InChI=1S/C34H45NO10S/c1-32(2,3)43-29(38)19-41-25-13-10-21(16-26(25)42-20-30(39)44-33(4,5)6)23(36)11-12-24(37)28-17-22-18-35(15-14-27(22)46-28)31(40)45-34(7,8)9/h10,13,16-17H,11-12,14-15,18-20H2,1-9H3. The number of hydrogen-bond donors (Lipinski definition) is 0. The number of Topliss-reactive ketones (excluding diaryl/α,β-unsaturated/α-hetero) is 2. The summed E-state index contributed by atoms with van der Waals surface area (Å²) in [5.41, 5.74) is -0.869. The largest absolute Gasteiger partial charge is 0.478 e. The smallest absolute Gasteiger partial charge is 0.410 e. The van der Waals surface area contributed by atoms with Gasteiger partial charge in [0, 0.05) is 29.8 Å². The van der Waals surface area contributed by atoms with Crippen molar-refractivity contribution in [2.24, 2.45) is 0 Å². The van der Waals surface area contributed by atoms with Crippen LogP contribution in [0.2, 0.25) is 0 Å². The SMILES string of the molecule is CC(C)(C)OC(=O)COc1ccc(C(=O)CCC(=O)c2cc3c(s2)CCN(C(=O)OC(C)(C)C)C3)cc1OCC(=O)OC(C)(C)C. The quantitative estimate of drug-likeness (QED) is 0.153. The normalized spacial score (nSPS) is 13.4. The van der Waals surface area contributed by atoms with Gasteiger partial charge in [-0.15, -0.1) is 11.3 Å². The van der Waals surface area contributed by atoms with E-state index in [-0.39, 0.29) is 41.5 Å². The molecular formula is C34H45NO10S. The zero-order valence-corrected chi connectivity index (χ0v) is 29.0. The van der Waals surface area contributed by atoms with E-state index in [1.807, 2.05) is 20.8 Å². The molecule has 1 aliphatic heterocycles. The van der Waals surface area contributed by atoms with Crippen LogP contribution in [0.1, 0.15) is 106 Å². The van der Waals surface area contributed by atoms with Crippen molar-refractivity contribution in [1.82, 2.24) is 4.90 Å². The number of amides is 1. The van der Waals surface area contributed by atoms with E-state index in [1.165, 1.54) is 29.5 Å². The van der Waals surface area contributed by atoms with Crippen molar-refractivity contribution in [3.8, 4) is 11.5 Å². The van der Waals surface area contributed by atoms with E-state index < -0.39 is 48.0 Å². The third kappa shape index (κ3) is 11.8. The molecule has 0 saturated heterocycles. The summed E-state index contributed by atoms with van der Waals surface area (Å²) in [6, 6.07) is 6.18. The Hall–Kier alpha value is -3.93. The van der Waals surface area contributed by atoms with Gasteiger partial charge >= 0.3 is 18.0 Å². The second-order valence-electron chi connectivity index (χ2n) is 14.0. The van der Waals surface area contributed by atoms with E-state index in [4.69, 9.17) is 23.7 Å². The van der Waals surface area contributed by atoms with Crippen molar-refractivity contribution >= 4 is 40.9 Å². The predicted molar refractivity (Wildman–Crippen MR) is 172 cm³/mol. The first-order valence-electron chi connectivity index (χ1n) is 15.2. The van der Waals surface area contributed by atoms with Crippen LogP contribution in [-0.4, -0.2) is 71.1 Å². The molecule has 3 rings (SSSR count). The highest BCUT2D eigenvalue weighted by molar-refractivity contribution is 7.14. The maximum Gasteiger partial charge on any atom is 0.410 e. The molecule has 0 bridgehead atoms. The molecule has 0 N–H and O–H groups in total. The minimum atomic E-state index is -0.722. The van der Waals surface area contributed by atoms with Crippen LogP contribution < -0.4 is 9.47 Å². The van der Waals surface area contributed by atoms with Gasteiger partial charge in [-0.25, -0.2) is 14.4 Å². The van der Waals surface area contributed by atoms with E-state index >= 15 is 0 Å². The van der Waals surface area contributed by atoms with Crippen LogP contribution in [-0.2, 0) is 36.8 Å². The average molecular weight is 660 g/mol. The van der Waals surface area contributed by atoms with Crippen LogP contribution in [0.5, 0.6) is 11.5 Å². The summed E-state index contributed by atoms with van der Waals surface area (Å²) in [6.07, 6.45) is 0.159. The monoisotopic (exact) mass is 659 g/mol. The predicted octanol–water partition coefficient (Wildman–Crippen LogP) is 6.33. The summed E-state index contributed by atoms with van der Waals surface area (Å²) in [5, 5.41) is 0. The zero-order chi connectivity index (χ0) is 34.4. The van der Waals surface area contributed by atoms with Crippen molar-refractivity contribution in [2.45, 2.75) is 105 Å². The Kier molecular flexibility index (Phi) is 11.6. The summed E-state index contributed by atoms with van der Waals surface area (Å²) in [4.78, 5) is 66.4. The first kappa shape index (κ1) is 36.5. The maximum absolute atomic E-state index is 13.2. The number of esters is 2. The number of ether oxygens (including phenoxy) is 5. The van der Waals surface area contributed by atoms with Crippen molar-refractivity contribution in [3.63, 3.8) is 0 Å². The lowest BCUT2D eigenvalue weighted by Crippen LogP contribution is -2.39. The Labute approximate surface area is 274 Å². The molecule has 0 fully saturated rings. The fourth-order valence-corrected chi connectivity index (χ4v) is 5.51. The van der Waals surface area contributed by atoms with Crippen LogP contribution in [0.15, 0.2) is 24.3 Å². The highest BCUT2D eigenvalue weighted by Gasteiger charge is 2.28. The van der Waals surface area contributed by atoms with Gasteiger partial charge in [-0.2, -0.15) is 0 Å². The Morgan fingerprint density at radius 2 is 1.26 bits per heavy atom. The fraction of sp³-hybridized carbons (Fsp3) is 0.559. The van der Waals surface area contributed by atoms with Crippen LogP contribution in [0.3, 0.4) is 0 Å². The summed E-state index contributed by atoms with van der Waals surface area (Å²) in [5.74, 6) is -1.52. The second-order valence-corrected chi connectivity index (χ2v) is 15.1. The molecule has 1 aromatic heterocycles. The van der Waals surface area contributed by atoms with Crippen molar-refractivity contribution in [3.05, 3.63) is 45.1 Å². The molecular weight excluding hydrogens is 614 g/mol. The van der Waals surface area contributed by atoms with Gasteiger partial charge in [0.2, 0.25) is 0 Å². The summed E-state index contributed by atoms with van der Waals surface area (Å²) in [7, 11) is 0. The van der Waals surface area contributed by atoms with E-state index in [2.05, 4.69) is 0 Å². The van der Waals surface area contributed by atoms with E-state index in [0.29, 0.717) is 24.4 Å². The Morgan fingerprint density at radius 3 is 1.83 bits per heavy atom. The average Bonchev–Trinajstić information content (AvgIpc) is 3.34. The molecule has 2 aromatic rings. The zero-order valence-electron chi connectivity index (χ0n) is 28.2. The van der Waals surface area contributed by atoms with E-state index in [0.717, 1.165) is 10.4 Å². The molecule has 0 unspecified atom stereocenters. The van der Waals surface area contributed by atoms with Crippen molar-refractivity contribution in [2.75, 3.05) is 19.8 Å². The number of hydrogen-bond acceptors (Lipinski definition) is 11. The number of fused-ring (bicyclic) bond motifs is 1. The van der Waals surface area contributed by atoms with E-state index in [1.54, 1.807) is 52.5 Å². The van der Waals surface area contributed by atoms with Gasteiger partial charge in [0.25, 0.3) is 0 Å². The van der Waals surface area contributed by atoms with Gasteiger partial charge in [-0.05, 0) is 98.6 Å². The first-order chi connectivity index (χ1) is 21.2. The minimum Gasteiger partial charge on any atom is -0.478 e. The molecule has 252 valence electrons. The molecule has 1 aliphatic rings. The van der Waals surface area contributed by atoms with Crippen LogP contribution in [0.25, 0.3) is 0 Å². The molecule has 12 heteroatoms. The third-order valence-electron chi connectivity index (χ3n) is 6.17. The lowest BCUT2D eigenvalue weighted by Gasteiger charge is -2.29. The molecule has 0 saturated carbocycles. The van der Waals surface area contributed by atoms with Gasteiger partial charge < -0.3 is 28.6 Å².